The number of hydrogen-bond donors (Lipinski definition) is 3. The quantitative estimate of drug-likeness (QED) is 0.769. The molecule has 0 saturated heterocycles. The van der Waals surface area contributed by atoms with Crippen molar-refractivity contribution in [3.05, 3.63) is 28.9 Å². The molecule has 0 radical (unpaired) electrons. The highest BCUT2D eigenvalue weighted by Crippen LogP contribution is 2.60. The Labute approximate surface area is 144 Å². The van der Waals surface area contributed by atoms with E-state index in [4.69, 9.17) is 11.6 Å². The fourth-order valence-corrected chi connectivity index (χ4v) is 6.22. The molecule has 2 unspecified atom stereocenters. The molecule has 2 atom stereocenters. The minimum Gasteiger partial charge on any atom is -0.385 e. The Balaban J connectivity index is 1.39. The largest absolute Gasteiger partial charge is 0.385 e. The highest BCUT2D eigenvalue weighted by molar-refractivity contribution is 7.90. The van der Waals surface area contributed by atoms with Crippen LogP contribution in [0.25, 0.3) is 10.9 Å². The van der Waals surface area contributed by atoms with Crippen LogP contribution >= 0.6 is 11.6 Å². The zero-order valence-corrected chi connectivity index (χ0v) is 14.4. The van der Waals surface area contributed by atoms with Gasteiger partial charge in [-0.15, -0.1) is 0 Å². The Kier molecular flexibility index (Phi) is 2.98. The van der Waals surface area contributed by atoms with Crippen molar-refractivity contribution in [1.29, 1.82) is 0 Å². The Bertz CT molecular complexity index is 925. The van der Waals surface area contributed by atoms with Crippen molar-refractivity contribution in [1.82, 2.24) is 14.9 Å². The minimum atomic E-state index is -3.17. The van der Waals surface area contributed by atoms with Crippen molar-refractivity contribution in [3.63, 3.8) is 0 Å². The second-order valence-electron chi connectivity index (χ2n) is 7.44. The lowest BCUT2D eigenvalue weighted by molar-refractivity contribution is 0.0303. The van der Waals surface area contributed by atoms with E-state index in [2.05, 4.69) is 14.9 Å². The normalized spacial score (nSPS) is 35.3. The number of benzene rings is 1. The highest BCUT2D eigenvalue weighted by atomic mass is 35.5. The van der Waals surface area contributed by atoms with Crippen molar-refractivity contribution in [3.8, 4) is 0 Å². The lowest BCUT2D eigenvalue weighted by Crippen LogP contribution is -2.35. The second kappa shape index (κ2) is 4.72. The number of aromatic nitrogens is 2. The van der Waals surface area contributed by atoms with Gasteiger partial charge in [0.1, 0.15) is 0 Å². The molecule has 0 spiro atoms. The predicted molar refractivity (Wildman–Crippen MR) is 90.1 cm³/mol. The topological polar surface area (TPSA) is 95.1 Å². The number of nitrogens with one attached hydrogen (secondary N) is 2. The van der Waals surface area contributed by atoms with Gasteiger partial charge in [-0.25, -0.2) is 13.1 Å². The Hall–Kier alpha value is -1.15. The lowest BCUT2D eigenvalue weighted by atomic mass is 9.86. The number of fused-ring (bicyclic) bond motifs is 2. The molecule has 0 amide bonds. The van der Waals surface area contributed by atoms with Gasteiger partial charge in [-0.1, -0.05) is 11.6 Å². The number of sulfonamides is 1. The molecule has 1 aromatic carbocycles. The Morgan fingerprint density at radius 2 is 2.00 bits per heavy atom. The van der Waals surface area contributed by atoms with E-state index in [1.807, 2.05) is 0 Å². The summed E-state index contributed by atoms with van der Waals surface area (Å²) < 4.78 is 27.0. The zero-order chi connectivity index (χ0) is 16.7. The molecule has 128 valence electrons. The molecule has 1 aromatic heterocycles. The van der Waals surface area contributed by atoms with E-state index in [-0.39, 0.29) is 23.1 Å². The van der Waals surface area contributed by atoms with E-state index in [0.717, 1.165) is 29.3 Å². The maximum absolute atomic E-state index is 12.1. The number of aromatic amines is 1. The first-order valence-electron chi connectivity index (χ1n) is 8.24. The molecule has 3 aliphatic carbocycles. The Morgan fingerprint density at radius 3 is 2.67 bits per heavy atom. The number of nitrogens with zero attached hydrogens (tertiary/aromatic N) is 1. The van der Waals surface area contributed by atoms with Crippen molar-refractivity contribution in [2.24, 2.45) is 11.8 Å². The summed E-state index contributed by atoms with van der Waals surface area (Å²) in [6, 6.07) is 3.57. The summed E-state index contributed by atoms with van der Waals surface area (Å²) in [5, 5.41) is 19.3. The fraction of sp³-hybridized carbons (Fsp3) is 0.562. The monoisotopic (exact) mass is 367 g/mol. The van der Waals surface area contributed by atoms with Crippen LogP contribution < -0.4 is 4.72 Å². The zero-order valence-electron chi connectivity index (χ0n) is 12.9. The summed E-state index contributed by atoms with van der Waals surface area (Å²) in [5.74, 6) is 0.397. The van der Waals surface area contributed by atoms with Gasteiger partial charge in [0, 0.05) is 16.5 Å². The van der Waals surface area contributed by atoms with E-state index < -0.39 is 15.6 Å². The molecule has 5 rings (SSSR count). The van der Waals surface area contributed by atoms with Crippen molar-refractivity contribution in [2.45, 2.75) is 42.6 Å². The maximum Gasteiger partial charge on any atom is 0.214 e. The van der Waals surface area contributed by atoms with Gasteiger partial charge < -0.3 is 5.11 Å². The molecule has 2 aromatic rings. The molecule has 3 fully saturated rings. The summed E-state index contributed by atoms with van der Waals surface area (Å²) >= 11 is 6.18. The van der Waals surface area contributed by atoms with Gasteiger partial charge in [-0.2, -0.15) is 5.10 Å². The molecule has 0 aliphatic heterocycles. The van der Waals surface area contributed by atoms with Crippen LogP contribution in [0.2, 0.25) is 5.02 Å². The third-order valence-electron chi connectivity index (χ3n) is 5.77. The van der Waals surface area contributed by atoms with E-state index in [9.17, 15) is 13.5 Å². The van der Waals surface area contributed by atoms with Gasteiger partial charge in [-0.05, 0) is 55.2 Å². The number of rotatable bonds is 4. The molecule has 8 heteroatoms. The highest BCUT2D eigenvalue weighted by Gasteiger charge is 2.63. The number of H-pyrrole nitrogens is 1. The fourth-order valence-electron chi connectivity index (χ4n) is 4.32. The second-order valence-corrected chi connectivity index (χ2v) is 9.87. The minimum absolute atomic E-state index is 0.0186. The lowest BCUT2D eigenvalue weighted by Gasteiger charge is -2.27. The maximum atomic E-state index is 12.1. The molecule has 6 nitrogen and oxygen atoms in total. The third kappa shape index (κ3) is 2.22. The van der Waals surface area contributed by atoms with Crippen LogP contribution in [0, 0.1) is 11.8 Å². The summed E-state index contributed by atoms with van der Waals surface area (Å²) in [4.78, 5) is 0. The standard InChI is InChI=1S/C16H18ClN3O3S/c17-8-3-13(12-7-18-19-14(12)4-8)16(21)5-10-11(6-16)15(10)20-24(22,23)9-1-2-9/h3-4,7,9-11,15,20-21H,1-2,5-6H2,(H,18,19). The van der Waals surface area contributed by atoms with Crippen molar-refractivity contribution >= 4 is 32.5 Å². The van der Waals surface area contributed by atoms with Gasteiger partial charge in [0.25, 0.3) is 0 Å². The first-order valence-corrected chi connectivity index (χ1v) is 10.2. The Morgan fingerprint density at radius 1 is 1.29 bits per heavy atom. The van der Waals surface area contributed by atoms with Gasteiger partial charge in [0.05, 0.1) is 22.6 Å². The molecule has 0 bridgehead atoms. The van der Waals surface area contributed by atoms with Crippen molar-refractivity contribution < 1.29 is 13.5 Å². The average Bonchev–Trinajstić information content (AvgIpc) is 3.37. The van der Waals surface area contributed by atoms with Gasteiger partial charge in [0.15, 0.2) is 0 Å². The predicted octanol–water partition coefficient (Wildman–Crippen LogP) is 1.89. The molecule has 24 heavy (non-hydrogen) atoms. The SMILES string of the molecule is O=S(=O)(NC1C2CC(O)(c3cc(Cl)cc4[nH]ncc34)CC21)C1CC1. The van der Waals surface area contributed by atoms with Gasteiger partial charge >= 0.3 is 0 Å². The number of hydrogen-bond acceptors (Lipinski definition) is 4. The first kappa shape index (κ1) is 15.1. The van der Waals surface area contributed by atoms with Crippen LogP contribution in [0.15, 0.2) is 18.3 Å². The molecule has 3 saturated carbocycles. The molecule has 3 aliphatic rings. The summed E-state index contributed by atoms with van der Waals surface area (Å²) in [6.07, 6.45) is 4.34. The van der Waals surface area contributed by atoms with E-state index in [1.165, 1.54) is 0 Å². The number of aliphatic hydroxyl groups is 1. The van der Waals surface area contributed by atoms with Crippen LogP contribution in [-0.2, 0) is 15.6 Å². The van der Waals surface area contributed by atoms with Crippen molar-refractivity contribution in [2.75, 3.05) is 0 Å². The average molecular weight is 368 g/mol. The van der Waals surface area contributed by atoms with Gasteiger partial charge in [0.2, 0.25) is 10.0 Å². The molecule has 1 heterocycles. The van der Waals surface area contributed by atoms with Crippen LogP contribution in [0.4, 0.5) is 0 Å². The molecular weight excluding hydrogens is 350 g/mol. The van der Waals surface area contributed by atoms with Crippen LogP contribution in [0.1, 0.15) is 31.2 Å². The van der Waals surface area contributed by atoms with Crippen LogP contribution in [0.5, 0.6) is 0 Å². The van der Waals surface area contributed by atoms with E-state index in [0.29, 0.717) is 17.9 Å². The first-order chi connectivity index (χ1) is 11.4. The third-order valence-corrected chi connectivity index (χ3v) is 7.93. The molecular formula is C16H18ClN3O3S. The van der Waals surface area contributed by atoms with Crippen LogP contribution in [-0.4, -0.2) is 35.0 Å². The van der Waals surface area contributed by atoms with Gasteiger partial charge in [-0.3, -0.25) is 5.10 Å². The van der Waals surface area contributed by atoms with Crippen LogP contribution in [0.3, 0.4) is 0 Å². The number of halogens is 1. The van der Waals surface area contributed by atoms with E-state index in [1.54, 1.807) is 18.3 Å². The summed E-state index contributed by atoms with van der Waals surface area (Å²) in [6.45, 7) is 0. The van der Waals surface area contributed by atoms with E-state index >= 15 is 0 Å². The smallest absolute Gasteiger partial charge is 0.214 e. The molecule has 3 N–H and O–H groups in total. The summed E-state index contributed by atoms with van der Waals surface area (Å²) in [5.41, 5.74) is 0.622. The summed E-state index contributed by atoms with van der Waals surface area (Å²) in [7, 11) is -3.17.